The number of piperidine rings is 1. The van der Waals surface area contributed by atoms with Crippen molar-refractivity contribution in [2.45, 2.75) is 19.0 Å². The minimum Gasteiger partial charge on any atom is -0.371 e. The predicted octanol–water partition coefficient (Wildman–Crippen LogP) is 5.54. The highest BCUT2D eigenvalue weighted by Crippen LogP contribution is 2.36. The van der Waals surface area contributed by atoms with Crippen LogP contribution < -0.4 is 4.90 Å². The lowest BCUT2D eigenvalue weighted by Gasteiger charge is -2.34. The first kappa shape index (κ1) is 18.3. The van der Waals surface area contributed by atoms with E-state index in [4.69, 9.17) is 11.6 Å². The molecule has 0 spiro atoms. The van der Waals surface area contributed by atoms with E-state index in [1.807, 2.05) is 35.2 Å². The summed E-state index contributed by atoms with van der Waals surface area (Å²) in [5, 5.41) is 8.80. The van der Waals surface area contributed by atoms with E-state index >= 15 is 0 Å². The molecule has 4 aromatic rings. The van der Waals surface area contributed by atoms with Crippen LogP contribution in [0.1, 0.15) is 12.8 Å². The van der Waals surface area contributed by atoms with E-state index in [0.717, 1.165) is 27.6 Å². The number of anilines is 1. The molecule has 29 heavy (non-hydrogen) atoms. The first-order valence-corrected chi connectivity index (χ1v) is 9.72. The zero-order chi connectivity index (χ0) is 20.2. The summed E-state index contributed by atoms with van der Waals surface area (Å²) in [4.78, 5) is 9.89. The Labute approximate surface area is 168 Å². The van der Waals surface area contributed by atoms with Gasteiger partial charge in [-0.25, -0.2) is 4.98 Å². The summed E-state index contributed by atoms with van der Waals surface area (Å²) >= 11 is 6.11. The van der Waals surface area contributed by atoms with Crippen LogP contribution in [0.5, 0.6) is 0 Å². The zero-order valence-corrected chi connectivity index (χ0v) is 16.0. The topological polar surface area (TPSA) is 60.6 Å². The van der Waals surface area contributed by atoms with E-state index in [9.17, 15) is 13.2 Å². The summed E-state index contributed by atoms with van der Waals surface area (Å²) in [5.41, 5.74) is 4.01. The Hall–Kier alpha value is -2.74. The quantitative estimate of drug-likeness (QED) is 0.448. The van der Waals surface area contributed by atoms with Crippen LogP contribution in [0.2, 0.25) is 5.02 Å². The third-order valence-corrected chi connectivity index (χ3v) is 5.77. The molecule has 0 saturated carbocycles. The molecule has 9 heteroatoms. The van der Waals surface area contributed by atoms with Crippen LogP contribution in [-0.2, 0) is 0 Å². The Kier molecular flexibility index (Phi) is 4.20. The van der Waals surface area contributed by atoms with E-state index in [2.05, 4.69) is 20.2 Å². The Morgan fingerprint density at radius 1 is 1.03 bits per heavy atom. The first-order valence-electron chi connectivity index (χ1n) is 9.34. The van der Waals surface area contributed by atoms with Gasteiger partial charge in [0.15, 0.2) is 5.82 Å². The van der Waals surface area contributed by atoms with Gasteiger partial charge in [-0.3, -0.25) is 5.10 Å². The fourth-order valence-corrected chi connectivity index (χ4v) is 4.11. The van der Waals surface area contributed by atoms with Crippen LogP contribution >= 0.6 is 11.6 Å². The SMILES string of the molecule is FC(F)(F)C1CCN(c2ccc3nc(-c4n[nH]c5ccc(Cl)cc45)[nH]c3c2)CC1. The average Bonchev–Trinajstić information content (AvgIpc) is 3.30. The molecule has 2 aromatic carbocycles. The molecular formula is C20H17ClF3N5. The van der Waals surface area contributed by atoms with Crippen molar-refractivity contribution in [3.05, 3.63) is 41.4 Å². The fraction of sp³-hybridized carbons (Fsp3) is 0.300. The second-order valence-corrected chi connectivity index (χ2v) is 7.79. The van der Waals surface area contributed by atoms with Crippen molar-refractivity contribution in [3.8, 4) is 11.5 Å². The maximum Gasteiger partial charge on any atom is 0.391 e. The van der Waals surface area contributed by atoms with E-state index < -0.39 is 12.1 Å². The lowest BCUT2D eigenvalue weighted by atomic mass is 9.96. The zero-order valence-electron chi connectivity index (χ0n) is 15.2. The molecule has 2 N–H and O–H groups in total. The van der Waals surface area contributed by atoms with E-state index in [0.29, 0.717) is 29.6 Å². The highest BCUT2D eigenvalue weighted by molar-refractivity contribution is 6.31. The van der Waals surface area contributed by atoms with Gasteiger partial charge in [-0.05, 0) is 49.2 Å². The number of H-pyrrole nitrogens is 2. The average molecular weight is 420 g/mol. The van der Waals surface area contributed by atoms with Gasteiger partial charge in [-0.15, -0.1) is 0 Å². The van der Waals surface area contributed by atoms with Gasteiger partial charge in [-0.2, -0.15) is 18.3 Å². The number of nitrogens with one attached hydrogen (secondary N) is 2. The number of rotatable bonds is 2. The molecule has 2 aromatic heterocycles. The molecule has 0 aliphatic carbocycles. The van der Waals surface area contributed by atoms with Crippen LogP contribution in [0.3, 0.4) is 0 Å². The van der Waals surface area contributed by atoms with Crippen molar-refractivity contribution in [1.82, 2.24) is 20.2 Å². The Balaban J connectivity index is 1.44. The number of imidazole rings is 1. The van der Waals surface area contributed by atoms with Gasteiger partial charge in [0.2, 0.25) is 0 Å². The molecule has 1 aliphatic rings. The third-order valence-electron chi connectivity index (χ3n) is 5.54. The Morgan fingerprint density at radius 3 is 2.59 bits per heavy atom. The molecule has 3 heterocycles. The molecular weight excluding hydrogens is 403 g/mol. The third kappa shape index (κ3) is 3.31. The lowest BCUT2D eigenvalue weighted by Crippen LogP contribution is -2.38. The second kappa shape index (κ2) is 6.66. The molecule has 0 bridgehead atoms. The van der Waals surface area contributed by atoms with Crippen molar-refractivity contribution in [2.24, 2.45) is 5.92 Å². The normalized spacial score (nSPS) is 16.2. The number of alkyl halides is 3. The van der Waals surface area contributed by atoms with Crippen molar-refractivity contribution in [3.63, 3.8) is 0 Å². The minimum atomic E-state index is -4.11. The molecule has 5 nitrogen and oxygen atoms in total. The highest BCUT2D eigenvalue weighted by Gasteiger charge is 2.41. The molecule has 0 unspecified atom stereocenters. The molecule has 0 atom stereocenters. The van der Waals surface area contributed by atoms with Crippen LogP contribution in [0.25, 0.3) is 33.5 Å². The van der Waals surface area contributed by atoms with Crippen LogP contribution in [0.4, 0.5) is 18.9 Å². The fourth-order valence-electron chi connectivity index (χ4n) is 3.94. The number of aromatic nitrogens is 4. The van der Waals surface area contributed by atoms with E-state index in [-0.39, 0.29) is 12.8 Å². The van der Waals surface area contributed by atoms with Gasteiger partial charge in [0.05, 0.1) is 22.5 Å². The van der Waals surface area contributed by atoms with Gasteiger partial charge < -0.3 is 9.88 Å². The van der Waals surface area contributed by atoms with Gasteiger partial charge >= 0.3 is 6.18 Å². The monoisotopic (exact) mass is 419 g/mol. The molecule has 1 saturated heterocycles. The number of benzene rings is 2. The van der Waals surface area contributed by atoms with Gasteiger partial charge in [-0.1, -0.05) is 11.6 Å². The molecule has 150 valence electrons. The Morgan fingerprint density at radius 2 is 1.83 bits per heavy atom. The summed E-state index contributed by atoms with van der Waals surface area (Å²) in [6, 6.07) is 11.2. The van der Waals surface area contributed by atoms with Crippen molar-refractivity contribution >= 4 is 39.2 Å². The second-order valence-electron chi connectivity index (χ2n) is 7.35. The van der Waals surface area contributed by atoms with Gasteiger partial charge in [0.1, 0.15) is 5.69 Å². The lowest BCUT2D eigenvalue weighted by molar-refractivity contribution is -0.179. The van der Waals surface area contributed by atoms with E-state index in [1.165, 1.54) is 0 Å². The van der Waals surface area contributed by atoms with Crippen LogP contribution in [0, 0.1) is 5.92 Å². The number of hydrogen-bond donors (Lipinski definition) is 2. The molecule has 0 amide bonds. The first-order chi connectivity index (χ1) is 13.9. The molecule has 0 radical (unpaired) electrons. The number of halogens is 4. The Bertz CT molecular complexity index is 1190. The summed E-state index contributed by atoms with van der Waals surface area (Å²) in [5.74, 6) is -0.595. The smallest absolute Gasteiger partial charge is 0.371 e. The number of nitrogens with zero attached hydrogens (tertiary/aromatic N) is 3. The van der Waals surface area contributed by atoms with Gasteiger partial charge in [0.25, 0.3) is 0 Å². The van der Waals surface area contributed by atoms with Crippen molar-refractivity contribution < 1.29 is 13.2 Å². The minimum absolute atomic E-state index is 0.121. The van der Waals surface area contributed by atoms with Crippen molar-refractivity contribution in [1.29, 1.82) is 0 Å². The summed E-state index contributed by atoms with van der Waals surface area (Å²) in [6.45, 7) is 0.776. The largest absolute Gasteiger partial charge is 0.391 e. The van der Waals surface area contributed by atoms with Crippen LogP contribution in [-0.4, -0.2) is 39.4 Å². The molecule has 1 aliphatic heterocycles. The summed E-state index contributed by atoms with van der Waals surface area (Å²) in [6.07, 6.45) is -3.87. The standard InChI is InChI=1S/C20H17ClF3N5/c21-12-1-3-15-14(9-12)18(28-27-15)19-25-16-4-2-13(10-17(16)26-19)29-7-5-11(6-8-29)20(22,23)24/h1-4,9-11H,5-8H2,(H,25,26)(H,27,28). The molecule has 5 rings (SSSR count). The maximum atomic E-state index is 12.9. The van der Waals surface area contributed by atoms with Crippen LogP contribution in [0.15, 0.2) is 36.4 Å². The number of hydrogen-bond acceptors (Lipinski definition) is 3. The highest BCUT2D eigenvalue weighted by atomic mass is 35.5. The van der Waals surface area contributed by atoms with Crippen molar-refractivity contribution in [2.75, 3.05) is 18.0 Å². The molecule has 1 fully saturated rings. The summed E-state index contributed by atoms with van der Waals surface area (Å²) in [7, 11) is 0. The number of fused-ring (bicyclic) bond motifs is 2. The number of aromatic amines is 2. The summed E-state index contributed by atoms with van der Waals surface area (Å²) < 4.78 is 38.7. The van der Waals surface area contributed by atoms with E-state index in [1.54, 1.807) is 6.07 Å². The van der Waals surface area contributed by atoms with Gasteiger partial charge in [0, 0.05) is 29.2 Å². The predicted molar refractivity (Wildman–Crippen MR) is 107 cm³/mol. The maximum absolute atomic E-state index is 12.9.